The maximum absolute atomic E-state index is 12.1. The normalized spacial score (nSPS) is 14.1. The highest BCUT2D eigenvalue weighted by Crippen LogP contribution is 2.11. The van der Waals surface area contributed by atoms with E-state index in [0.29, 0.717) is 12.8 Å². The van der Waals surface area contributed by atoms with E-state index >= 15 is 0 Å². The number of aliphatic hydroxyl groups is 2. The van der Waals surface area contributed by atoms with Gasteiger partial charge in [0.15, 0.2) is 0 Å². The second-order valence-electron chi connectivity index (χ2n) is 9.08. The molecule has 4 heteroatoms. The van der Waals surface area contributed by atoms with Gasteiger partial charge in [0.25, 0.3) is 0 Å². The van der Waals surface area contributed by atoms with Crippen molar-refractivity contribution in [3.05, 3.63) is 48.6 Å². The molecule has 0 aromatic rings. The molecule has 0 aromatic heterocycles. The summed E-state index contributed by atoms with van der Waals surface area (Å²) in [5.74, 6) is -0.0666. The smallest absolute Gasteiger partial charge is 0.220 e. The topological polar surface area (TPSA) is 69.6 Å². The first-order valence-corrected chi connectivity index (χ1v) is 13.8. The molecule has 0 saturated carbocycles. The van der Waals surface area contributed by atoms with E-state index in [1.54, 1.807) is 0 Å². The van der Waals surface area contributed by atoms with Gasteiger partial charge in [0, 0.05) is 6.42 Å². The fraction of sp³-hybridized carbons (Fsp3) is 0.700. The van der Waals surface area contributed by atoms with Gasteiger partial charge in [-0.25, -0.2) is 0 Å². The molecular formula is C30H53NO3. The van der Waals surface area contributed by atoms with Crippen molar-refractivity contribution in [1.82, 2.24) is 5.32 Å². The van der Waals surface area contributed by atoms with E-state index in [-0.39, 0.29) is 12.5 Å². The van der Waals surface area contributed by atoms with Gasteiger partial charge in [-0.1, -0.05) is 107 Å². The van der Waals surface area contributed by atoms with Crippen LogP contribution in [-0.2, 0) is 4.79 Å². The van der Waals surface area contributed by atoms with E-state index in [0.717, 1.165) is 70.6 Å². The monoisotopic (exact) mass is 475 g/mol. The van der Waals surface area contributed by atoms with Crippen LogP contribution in [0.1, 0.15) is 117 Å². The SMILES string of the molecule is CC/C=C\C/C=C\C/C=C\C/C=C\CCCCCCC(=O)NC(CO)C(O)CCCCCCC. The van der Waals surface area contributed by atoms with Crippen LogP contribution in [-0.4, -0.2) is 34.9 Å². The molecule has 0 radical (unpaired) electrons. The van der Waals surface area contributed by atoms with E-state index in [9.17, 15) is 15.0 Å². The lowest BCUT2D eigenvalue weighted by Gasteiger charge is -2.22. The van der Waals surface area contributed by atoms with Crippen LogP contribution in [0, 0.1) is 0 Å². The molecule has 0 aromatic carbocycles. The number of hydrogen-bond donors (Lipinski definition) is 3. The number of carbonyl (C=O) groups is 1. The molecule has 0 aliphatic heterocycles. The minimum Gasteiger partial charge on any atom is -0.394 e. The Kier molecular flexibility index (Phi) is 24.7. The molecule has 4 nitrogen and oxygen atoms in total. The zero-order chi connectivity index (χ0) is 25.1. The van der Waals surface area contributed by atoms with Crippen LogP contribution < -0.4 is 5.32 Å². The number of rotatable bonds is 23. The third kappa shape index (κ3) is 22.2. The summed E-state index contributed by atoms with van der Waals surface area (Å²) in [6.07, 6.45) is 33.1. The number of carbonyl (C=O) groups excluding carboxylic acids is 1. The Balaban J connectivity index is 3.69. The van der Waals surface area contributed by atoms with Crippen molar-refractivity contribution >= 4 is 5.91 Å². The number of hydrogen-bond acceptors (Lipinski definition) is 3. The van der Waals surface area contributed by atoms with Crippen molar-refractivity contribution in [2.75, 3.05) is 6.61 Å². The maximum atomic E-state index is 12.1. The summed E-state index contributed by atoms with van der Waals surface area (Å²) >= 11 is 0. The molecule has 0 fully saturated rings. The van der Waals surface area contributed by atoms with Gasteiger partial charge in [0.2, 0.25) is 5.91 Å². The molecule has 196 valence electrons. The van der Waals surface area contributed by atoms with E-state index in [2.05, 4.69) is 67.8 Å². The summed E-state index contributed by atoms with van der Waals surface area (Å²) in [7, 11) is 0. The predicted octanol–water partition coefficient (Wildman–Crippen LogP) is 7.33. The van der Waals surface area contributed by atoms with Crippen LogP contribution in [0.4, 0.5) is 0 Å². The standard InChI is InChI=1S/C30H53NO3/c1-3-5-7-9-10-11-12-13-14-15-16-17-18-19-20-22-24-26-30(34)31-28(27-32)29(33)25-23-21-8-6-4-2/h5,7,10-11,13-14,16-17,28-29,32-33H,3-4,6,8-9,12,15,18-27H2,1-2H3,(H,31,34)/b7-5-,11-10-,14-13-,17-16-. The Hall–Kier alpha value is -1.65. The van der Waals surface area contributed by atoms with Crippen LogP contribution in [0.3, 0.4) is 0 Å². The molecule has 0 aliphatic rings. The van der Waals surface area contributed by atoms with Gasteiger partial charge in [-0.2, -0.15) is 0 Å². The van der Waals surface area contributed by atoms with Gasteiger partial charge >= 0.3 is 0 Å². The number of allylic oxidation sites excluding steroid dienone is 8. The average Bonchev–Trinajstić information content (AvgIpc) is 2.84. The number of nitrogens with one attached hydrogen (secondary N) is 1. The zero-order valence-electron chi connectivity index (χ0n) is 22.1. The van der Waals surface area contributed by atoms with Crippen LogP contribution in [0.2, 0.25) is 0 Å². The van der Waals surface area contributed by atoms with Crippen molar-refractivity contribution in [1.29, 1.82) is 0 Å². The third-order valence-electron chi connectivity index (χ3n) is 5.85. The number of aliphatic hydroxyl groups excluding tert-OH is 2. The summed E-state index contributed by atoms with van der Waals surface area (Å²) in [5.41, 5.74) is 0. The molecule has 2 atom stereocenters. The van der Waals surface area contributed by atoms with Gasteiger partial charge in [-0.15, -0.1) is 0 Å². The predicted molar refractivity (Wildman–Crippen MR) is 147 cm³/mol. The lowest BCUT2D eigenvalue weighted by molar-refractivity contribution is -0.123. The van der Waals surface area contributed by atoms with Crippen LogP contribution in [0.25, 0.3) is 0 Å². The largest absolute Gasteiger partial charge is 0.394 e. The van der Waals surface area contributed by atoms with Crippen LogP contribution >= 0.6 is 0 Å². The van der Waals surface area contributed by atoms with E-state index in [1.807, 2.05) is 0 Å². The fourth-order valence-electron chi connectivity index (χ4n) is 3.70. The molecule has 3 N–H and O–H groups in total. The van der Waals surface area contributed by atoms with Crippen molar-refractivity contribution in [2.24, 2.45) is 0 Å². The second kappa shape index (κ2) is 26.0. The molecule has 0 heterocycles. The summed E-state index contributed by atoms with van der Waals surface area (Å²) in [6.45, 7) is 4.12. The molecule has 0 rings (SSSR count). The van der Waals surface area contributed by atoms with Gasteiger partial charge in [0.05, 0.1) is 18.8 Å². The molecule has 34 heavy (non-hydrogen) atoms. The Morgan fingerprint density at radius 2 is 1.29 bits per heavy atom. The summed E-state index contributed by atoms with van der Waals surface area (Å²) in [5, 5.41) is 22.6. The zero-order valence-corrected chi connectivity index (χ0v) is 22.1. The van der Waals surface area contributed by atoms with Crippen molar-refractivity contribution < 1.29 is 15.0 Å². The average molecular weight is 476 g/mol. The highest BCUT2D eigenvalue weighted by molar-refractivity contribution is 5.76. The molecular weight excluding hydrogens is 422 g/mol. The van der Waals surface area contributed by atoms with Crippen molar-refractivity contribution in [3.8, 4) is 0 Å². The highest BCUT2D eigenvalue weighted by atomic mass is 16.3. The van der Waals surface area contributed by atoms with Crippen molar-refractivity contribution in [3.63, 3.8) is 0 Å². The highest BCUT2D eigenvalue weighted by Gasteiger charge is 2.19. The van der Waals surface area contributed by atoms with E-state index in [4.69, 9.17) is 0 Å². The molecule has 0 spiro atoms. The molecule has 0 aliphatic carbocycles. The molecule has 0 bridgehead atoms. The Bertz CT molecular complexity index is 565. The number of amides is 1. The van der Waals surface area contributed by atoms with Crippen LogP contribution in [0.15, 0.2) is 48.6 Å². The molecule has 0 saturated heterocycles. The number of unbranched alkanes of at least 4 members (excludes halogenated alkanes) is 8. The Morgan fingerprint density at radius 3 is 1.91 bits per heavy atom. The first kappa shape index (κ1) is 32.4. The quantitative estimate of drug-likeness (QED) is 0.107. The fourth-order valence-corrected chi connectivity index (χ4v) is 3.70. The minimum atomic E-state index is -0.665. The Labute approximate surface area is 210 Å². The van der Waals surface area contributed by atoms with Gasteiger partial charge in [-0.3, -0.25) is 4.79 Å². The summed E-state index contributed by atoms with van der Waals surface area (Å²) in [4.78, 5) is 12.1. The van der Waals surface area contributed by atoms with E-state index < -0.39 is 12.1 Å². The van der Waals surface area contributed by atoms with E-state index in [1.165, 1.54) is 19.3 Å². The third-order valence-corrected chi connectivity index (χ3v) is 5.85. The van der Waals surface area contributed by atoms with Crippen molar-refractivity contribution in [2.45, 2.75) is 129 Å². The summed E-state index contributed by atoms with van der Waals surface area (Å²) < 4.78 is 0. The second-order valence-corrected chi connectivity index (χ2v) is 9.08. The van der Waals surface area contributed by atoms with Gasteiger partial charge in [-0.05, 0) is 51.4 Å². The van der Waals surface area contributed by atoms with Gasteiger partial charge < -0.3 is 15.5 Å². The maximum Gasteiger partial charge on any atom is 0.220 e. The first-order chi connectivity index (χ1) is 16.7. The molecule has 2 unspecified atom stereocenters. The molecule has 1 amide bonds. The summed E-state index contributed by atoms with van der Waals surface area (Å²) in [6, 6.07) is -0.545. The minimum absolute atomic E-state index is 0.0666. The first-order valence-electron chi connectivity index (χ1n) is 13.8. The van der Waals surface area contributed by atoms with Gasteiger partial charge in [0.1, 0.15) is 0 Å². The lowest BCUT2D eigenvalue weighted by atomic mass is 10.0. The lowest BCUT2D eigenvalue weighted by Crippen LogP contribution is -2.45. The van der Waals surface area contributed by atoms with Crippen LogP contribution in [0.5, 0.6) is 0 Å². The Morgan fingerprint density at radius 1 is 0.735 bits per heavy atom.